The summed E-state index contributed by atoms with van der Waals surface area (Å²) in [5.41, 5.74) is 2.44. The topological polar surface area (TPSA) is 40.6 Å². The second-order valence-electron chi connectivity index (χ2n) is 5.89. The zero-order valence-corrected chi connectivity index (χ0v) is 13.5. The fraction of sp³-hybridized carbons (Fsp3) is 0.263. The first-order chi connectivity index (χ1) is 11.6. The molecule has 0 spiro atoms. The van der Waals surface area contributed by atoms with Crippen LogP contribution in [0.3, 0.4) is 0 Å². The summed E-state index contributed by atoms with van der Waals surface area (Å²) in [5, 5.41) is 0. The average molecular weight is 326 g/mol. The van der Waals surface area contributed by atoms with E-state index in [0.29, 0.717) is 12.1 Å². The first-order valence-corrected chi connectivity index (χ1v) is 7.93. The molecule has 0 bridgehead atoms. The first kappa shape index (κ1) is 16.2. The summed E-state index contributed by atoms with van der Waals surface area (Å²) in [7, 11) is 0. The van der Waals surface area contributed by atoms with Gasteiger partial charge in [0.15, 0.2) is 0 Å². The molecule has 0 N–H and O–H groups in total. The van der Waals surface area contributed by atoms with Crippen LogP contribution in [0.4, 0.5) is 10.1 Å². The highest BCUT2D eigenvalue weighted by molar-refractivity contribution is 5.98. The van der Waals surface area contributed by atoms with E-state index in [1.807, 2.05) is 24.3 Å². The van der Waals surface area contributed by atoms with E-state index in [4.69, 9.17) is 0 Å². The molecular formula is C19H19FN2O2. The van der Waals surface area contributed by atoms with Crippen LogP contribution < -0.4 is 4.90 Å². The molecule has 2 aromatic rings. The van der Waals surface area contributed by atoms with Crippen LogP contribution in [-0.2, 0) is 22.6 Å². The smallest absolute Gasteiger partial charge is 0.246 e. The van der Waals surface area contributed by atoms with Gasteiger partial charge in [-0.3, -0.25) is 9.59 Å². The van der Waals surface area contributed by atoms with Crippen LogP contribution >= 0.6 is 0 Å². The Morgan fingerprint density at radius 1 is 1.12 bits per heavy atom. The number of carbonyl (C=O) groups excluding carboxylic acids is 2. The minimum Gasteiger partial charge on any atom is -0.329 e. The number of carbonyl (C=O) groups is 2. The van der Waals surface area contributed by atoms with Gasteiger partial charge in [-0.15, -0.1) is 0 Å². The molecule has 1 heterocycles. The van der Waals surface area contributed by atoms with Crippen LogP contribution in [0.15, 0.2) is 48.5 Å². The molecular weight excluding hydrogens is 307 g/mol. The van der Waals surface area contributed by atoms with E-state index in [1.54, 1.807) is 23.1 Å². The highest BCUT2D eigenvalue weighted by Gasteiger charge is 2.26. The lowest BCUT2D eigenvalue weighted by Gasteiger charge is -2.24. The maximum atomic E-state index is 13.8. The molecule has 0 atom stereocenters. The van der Waals surface area contributed by atoms with Crippen molar-refractivity contribution in [3.05, 3.63) is 65.5 Å². The van der Waals surface area contributed by atoms with Crippen LogP contribution in [0.2, 0.25) is 0 Å². The third-order valence-corrected chi connectivity index (χ3v) is 4.28. The van der Waals surface area contributed by atoms with E-state index < -0.39 is 0 Å². The number of benzene rings is 2. The maximum Gasteiger partial charge on any atom is 0.246 e. The Hall–Kier alpha value is -2.69. The lowest BCUT2D eigenvalue weighted by molar-refractivity contribution is -0.134. The Balaban J connectivity index is 1.74. The van der Waals surface area contributed by atoms with E-state index in [2.05, 4.69) is 0 Å². The number of anilines is 1. The summed E-state index contributed by atoms with van der Waals surface area (Å²) < 4.78 is 13.8. The molecule has 0 unspecified atom stereocenters. The molecule has 4 nitrogen and oxygen atoms in total. The summed E-state index contributed by atoms with van der Waals surface area (Å²) in [4.78, 5) is 27.6. The van der Waals surface area contributed by atoms with Crippen LogP contribution in [0.25, 0.3) is 0 Å². The third kappa shape index (κ3) is 3.30. The summed E-state index contributed by atoms with van der Waals surface area (Å²) in [6.07, 6.45) is 0.815. The third-order valence-electron chi connectivity index (χ3n) is 4.28. The van der Waals surface area contributed by atoms with Gasteiger partial charge in [0.2, 0.25) is 11.8 Å². The lowest BCUT2D eigenvalue weighted by Crippen LogP contribution is -2.41. The second kappa shape index (κ2) is 6.83. The molecule has 0 aliphatic carbocycles. The number of halogens is 1. The standard InChI is InChI=1S/C19H19FN2O2/c1-14(23)21(12-16-7-2-4-8-17(16)20)13-19(24)22-11-10-15-6-3-5-9-18(15)22/h2-9H,10-13H2,1H3. The molecule has 0 saturated heterocycles. The molecule has 2 amide bonds. The normalized spacial score (nSPS) is 12.8. The highest BCUT2D eigenvalue weighted by Crippen LogP contribution is 2.27. The van der Waals surface area contributed by atoms with Gasteiger partial charge >= 0.3 is 0 Å². The van der Waals surface area contributed by atoms with E-state index in [9.17, 15) is 14.0 Å². The van der Waals surface area contributed by atoms with E-state index in [-0.39, 0.29) is 30.7 Å². The van der Waals surface area contributed by atoms with Gasteiger partial charge in [-0.2, -0.15) is 0 Å². The largest absolute Gasteiger partial charge is 0.329 e. The predicted octanol–water partition coefficient (Wildman–Crippen LogP) is 2.76. The Labute approximate surface area is 140 Å². The molecule has 24 heavy (non-hydrogen) atoms. The highest BCUT2D eigenvalue weighted by atomic mass is 19.1. The first-order valence-electron chi connectivity index (χ1n) is 7.93. The van der Waals surface area contributed by atoms with Crippen LogP contribution in [0.5, 0.6) is 0 Å². The molecule has 0 fully saturated rings. The van der Waals surface area contributed by atoms with Gasteiger partial charge in [0.25, 0.3) is 0 Å². The number of para-hydroxylation sites is 1. The van der Waals surface area contributed by atoms with E-state index in [0.717, 1.165) is 17.7 Å². The number of hydrogen-bond donors (Lipinski definition) is 0. The minimum absolute atomic E-state index is 0.0575. The molecule has 0 saturated carbocycles. The molecule has 5 heteroatoms. The summed E-state index contributed by atoms with van der Waals surface area (Å²) in [6, 6.07) is 14.1. The zero-order chi connectivity index (χ0) is 17.1. The van der Waals surface area contributed by atoms with Gasteiger partial charge in [0, 0.05) is 31.3 Å². The second-order valence-corrected chi connectivity index (χ2v) is 5.89. The summed E-state index contributed by atoms with van der Waals surface area (Å²) in [5.74, 6) is -0.770. The number of rotatable bonds is 4. The van der Waals surface area contributed by atoms with Gasteiger partial charge in [0.1, 0.15) is 12.4 Å². The number of fused-ring (bicyclic) bond motifs is 1. The molecule has 0 radical (unpaired) electrons. The molecule has 2 aromatic carbocycles. The van der Waals surface area contributed by atoms with Crippen molar-refractivity contribution in [1.82, 2.24) is 4.90 Å². The van der Waals surface area contributed by atoms with Crippen LogP contribution in [-0.4, -0.2) is 29.8 Å². The molecule has 0 aromatic heterocycles. The van der Waals surface area contributed by atoms with Crippen molar-refractivity contribution < 1.29 is 14.0 Å². The van der Waals surface area contributed by atoms with Gasteiger partial charge in [-0.1, -0.05) is 36.4 Å². The summed E-state index contributed by atoms with van der Waals surface area (Å²) >= 11 is 0. The lowest BCUT2D eigenvalue weighted by atomic mass is 10.2. The number of amides is 2. The zero-order valence-electron chi connectivity index (χ0n) is 13.5. The Morgan fingerprint density at radius 3 is 2.58 bits per heavy atom. The van der Waals surface area contributed by atoms with Crippen molar-refractivity contribution in [2.45, 2.75) is 19.9 Å². The number of nitrogens with zero attached hydrogens (tertiary/aromatic N) is 2. The minimum atomic E-state index is -0.372. The average Bonchev–Trinajstić information content (AvgIpc) is 3.00. The Kier molecular flexibility index (Phi) is 4.60. The molecule has 1 aliphatic heterocycles. The predicted molar refractivity (Wildman–Crippen MR) is 90.0 cm³/mol. The SMILES string of the molecule is CC(=O)N(CC(=O)N1CCc2ccccc21)Cc1ccccc1F. The van der Waals surface area contributed by atoms with Crippen molar-refractivity contribution in [3.8, 4) is 0 Å². The van der Waals surface area contributed by atoms with Gasteiger partial charge in [-0.25, -0.2) is 4.39 Å². The van der Waals surface area contributed by atoms with Crippen molar-refractivity contribution in [1.29, 1.82) is 0 Å². The quantitative estimate of drug-likeness (QED) is 0.867. The molecule has 3 rings (SSSR count). The molecule has 1 aliphatic rings. The molecule has 124 valence electrons. The van der Waals surface area contributed by atoms with Crippen molar-refractivity contribution in [2.24, 2.45) is 0 Å². The fourth-order valence-corrected chi connectivity index (χ4v) is 2.96. The van der Waals surface area contributed by atoms with Crippen LogP contribution in [0, 0.1) is 5.82 Å². The van der Waals surface area contributed by atoms with Crippen molar-refractivity contribution in [3.63, 3.8) is 0 Å². The summed E-state index contributed by atoms with van der Waals surface area (Å²) in [6.45, 7) is 2.04. The monoisotopic (exact) mass is 326 g/mol. The van der Waals surface area contributed by atoms with Crippen molar-refractivity contribution >= 4 is 17.5 Å². The number of hydrogen-bond acceptors (Lipinski definition) is 2. The maximum absolute atomic E-state index is 13.8. The van der Waals surface area contributed by atoms with Gasteiger partial charge in [0.05, 0.1) is 0 Å². The Bertz CT molecular complexity index is 775. The fourth-order valence-electron chi connectivity index (χ4n) is 2.96. The van der Waals surface area contributed by atoms with E-state index in [1.165, 1.54) is 17.9 Å². The van der Waals surface area contributed by atoms with Gasteiger partial charge in [-0.05, 0) is 24.1 Å². The Morgan fingerprint density at radius 2 is 1.83 bits per heavy atom. The van der Waals surface area contributed by atoms with Crippen molar-refractivity contribution in [2.75, 3.05) is 18.0 Å². The van der Waals surface area contributed by atoms with Crippen LogP contribution in [0.1, 0.15) is 18.1 Å². The van der Waals surface area contributed by atoms with E-state index >= 15 is 0 Å². The van der Waals surface area contributed by atoms with Gasteiger partial charge < -0.3 is 9.80 Å².